The zero-order chi connectivity index (χ0) is 44.2. The van der Waals surface area contributed by atoms with Crippen LogP contribution in [-0.4, -0.2) is 37.2 Å². The second kappa shape index (κ2) is 45.4. The maximum absolute atomic E-state index is 12.8. The average molecular weight is 849 g/mol. The number of rotatable bonds is 47. The molecule has 0 aromatic heterocycles. The van der Waals surface area contributed by atoms with Gasteiger partial charge in [-0.2, -0.15) is 0 Å². The van der Waals surface area contributed by atoms with Gasteiger partial charge >= 0.3 is 17.9 Å². The molecule has 0 aliphatic carbocycles. The lowest BCUT2D eigenvalue weighted by molar-refractivity contribution is -0.167. The third-order valence-electron chi connectivity index (χ3n) is 12.5. The Morgan fingerprint density at radius 1 is 0.333 bits per heavy atom. The highest BCUT2D eigenvalue weighted by Gasteiger charge is 2.19. The zero-order valence-electron chi connectivity index (χ0n) is 41.3. The number of carbonyl (C=O) groups is 3. The molecule has 0 amide bonds. The van der Waals surface area contributed by atoms with E-state index in [0.717, 1.165) is 75.5 Å². The van der Waals surface area contributed by atoms with Crippen LogP contribution in [0.2, 0.25) is 0 Å². The number of hydrogen-bond donors (Lipinski definition) is 0. The predicted octanol–water partition coefficient (Wildman–Crippen LogP) is 17.2. The van der Waals surface area contributed by atoms with Gasteiger partial charge in [-0.05, 0) is 37.0 Å². The highest BCUT2D eigenvalue weighted by Crippen LogP contribution is 2.18. The van der Waals surface area contributed by atoms with Gasteiger partial charge in [-0.25, -0.2) is 0 Å². The Morgan fingerprint density at radius 3 is 0.867 bits per heavy atom. The first-order valence-corrected chi connectivity index (χ1v) is 26.6. The van der Waals surface area contributed by atoms with Gasteiger partial charge in [0.25, 0.3) is 0 Å². The molecule has 0 spiro atoms. The molecule has 0 bridgehead atoms. The quantitative estimate of drug-likeness (QED) is 0.0345. The van der Waals surface area contributed by atoms with Gasteiger partial charge in [0.2, 0.25) is 0 Å². The van der Waals surface area contributed by atoms with Crippen molar-refractivity contribution in [3.8, 4) is 0 Å². The van der Waals surface area contributed by atoms with Crippen molar-refractivity contribution in [3.63, 3.8) is 0 Å². The molecule has 0 aliphatic heterocycles. The van der Waals surface area contributed by atoms with Crippen molar-refractivity contribution in [2.24, 2.45) is 17.8 Å². The minimum absolute atomic E-state index is 0.0651. The van der Waals surface area contributed by atoms with Crippen molar-refractivity contribution in [2.75, 3.05) is 13.2 Å². The van der Waals surface area contributed by atoms with Crippen LogP contribution in [0.3, 0.4) is 0 Å². The van der Waals surface area contributed by atoms with Gasteiger partial charge in [0.05, 0.1) is 0 Å². The highest BCUT2D eigenvalue weighted by atomic mass is 16.6. The molecule has 60 heavy (non-hydrogen) atoms. The van der Waals surface area contributed by atoms with Crippen LogP contribution in [0.1, 0.15) is 292 Å². The Kier molecular flexibility index (Phi) is 44.2. The first kappa shape index (κ1) is 58.4. The normalized spacial score (nSPS) is 12.6. The molecule has 0 rings (SSSR count). The van der Waals surface area contributed by atoms with Crippen molar-refractivity contribution in [1.29, 1.82) is 0 Å². The van der Waals surface area contributed by atoms with Crippen molar-refractivity contribution in [2.45, 2.75) is 298 Å². The van der Waals surface area contributed by atoms with Crippen LogP contribution in [0.5, 0.6) is 0 Å². The van der Waals surface area contributed by atoms with Crippen LogP contribution in [0.25, 0.3) is 0 Å². The first-order valence-electron chi connectivity index (χ1n) is 26.6. The van der Waals surface area contributed by atoms with E-state index in [-0.39, 0.29) is 31.1 Å². The van der Waals surface area contributed by atoms with Gasteiger partial charge in [-0.3, -0.25) is 14.4 Å². The number of esters is 3. The number of hydrogen-bond acceptors (Lipinski definition) is 6. The van der Waals surface area contributed by atoms with Gasteiger partial charge < -0.3 is 14.2 Å². The molecule has 0 fully saturated rings. The predicted molar refractivity (Wildman–Crippen MR) is 256 cm³/mol. The van der Waals surface area contributed by atoms with Gasteiger partial charge in [-0.1, -0.05) is 253 Å². The summed E-state index contributed by atoms with van der Waals surface area (Å²) in [6.45, 7) is 13.7. The van der Waals surface area contributed by atoms with Crippen LogP contribution in [0, 0.1) is 17.8 Å². The van der Waals surface area contributed by atoms with E-state index >= 15 is 0 Å². The van der Waals surface area contributed by atoms with Gasteiger partial charge in [0.1, 0.15) is 13.2 Å². The van der Waals surface area contributed by atoms with E-state index in [9.17, 15) is 14.4 Å². The molecular weight excluding hydrogens is 745 g/mol. The fourth-order valence-electron chi connectivity index (χ4n) is 8.08. The minimum atomic E-state index is -0.763. The van der Waals surface area contributed by atoms with E-state index in [1.807, 2.05) is 0 Å². The van der Waals surface area contributed by atoms with Crippen molar-refractivity contribution in [3.05, 3.63) is 0 Å². The molecule has 0 aromatic rings. The lowest BCUT2D eigenvalue weighted by Crippen LogP contribution is -2.30. The van der Waals surface area contributed by atoms with E-state index in [4.69, 9.17) is 14.2 Å². The standard InChI is InChI=1S/C54H104O6/c1-7-50(6)42-36-30-23-19-15-10-8-9-11-17-21-25-33-39-45-54(57)60-51(47-59-53(56)44-38-32-27-26-29-35-41-49(4)5)46-58-52(55)43-37-31-24-20-16-13-12-14-18-22-28-34-40-48(2)3/h48-51H,7-47H2,1-6H3/t50?,51-/m1/s1. The summed E-state index contributed by atoms with van der Waals surface area (Å²) in [5, 5.41) is 0. The van der Waals surface area contributed by atoms with Crippen LogP contribution in [-0.2, 0) is 28.6 Å². The molecule has 356 valence electrons. The highest BCUT2D eigenvalue weighted by molar-refractivity contribution is 5.71. The Hall–Kier alpha value is -1.59. The summed E-state index contributed by atoms with van der Waals surface area (Å²) in [5.41, 5.74) is 0. The Labute approximate surface area is 374 Å². The maximum Gasteiger partial charge on any atom is 0.306 e. The Morgan fingerprint density at radius 2 is 0.583 bits per heavy atom. The molecule has 0 radical (unpaired) electrons. The summed E-state index contributed by atoms with van der Waals surface area (Å²) in [6, 6.07) is 0. The number of carbonyl (C=O) groups excluding carboxylic acids is 3. The molecule has 6 nitrogen and oxygen atoms in total. The summed E-state index contributed by atoms with van der Waals surface area (Å²) < 4.78 is 16.8. The minimum Gasteiger partial charge on any atom is -0.462 e. The van der Waals surface area contributed by atoms with E-state index in [2.05, 4.69) is 41.5 Å². The summed E-state index contributed by atoms with van der Waals surface area (Å²) >= 11 is 0. The zero-order valence-corrected chi connectivity index (χ0v) is 41.3. The van der Waals surface area contributed by atoms with Gasteiger partial charge in [0.15, 0.2) is 6.10 Å². The Balaban J connectivity index is 4.26. The molecule has 0 N–H and O–H groups in total. The smallest absolute Gasteiger partial charge is 0.306 e. The van der Waals surface area contributed by atoms with E-state index in [1.54, 1.807) is 0 Å². The van der Waals surface area contributed by atoms with Crippen LogP contribution in [0.15, 0.2) is 0 Å². The Bertz CT molecular complexity index is 931. The summed E-state index contributed by atoms with van der Waals surface area (Å²) in [7, 11) is 0. The maximum atomic E-state index is 12.8. The molecule has 6 heteroatoms. The fourth-order valence-corrected chi connectivity index (χ4v) is 8.08. The molecule has 1 unspecified atom stereocenters. The van der Waals surface area contributed by atoms with E-state index in [0.29, 0.717) is 19.3 Å². The SMILES string of the molecule is CCC(C)CCCCCCCCCCCCCCCCC(=O)O[C@H](COC(=O)CCCCCCCCCCCCCCC(C)C)COC(=O)CCCCCCCCC(C)C. The lowest BCUT2D eigenvalue weighted by atomic mass is 9.99. The molecule has 0 saturated heterocycles. The molecule has 0 aliphatic rings. The van der Waals surface area contributed by atoms with Crippen molar-refractivity contribution >= 4 is 17.9 Å². The van der Waals surface area contributed by atoms with Crippen LogP contribution in [0.4, 0.5) is 0 Å². The molecule has 0 saturated carbocycles. The number of unbranched alkanes of at least 4 members (excludes halogenated alkanes) is 29. The van der Waals surface area contributed by atoms with Gasteiger partial charge in [0, 0.05) is 19.3 Å². The lowest BCUT2D eigenvalue weighted by Gasteiger charge is -2.18. The van der Waals surface area contributed by atoms with Crippen molar-refractivity contribution < 1.29 is 28.6 Å². The summed E-state index contributed by atoms with van der Waals surface area (Å²) in [4.78, 5) is 37.9. The molecule has 0 heterocycles. The monoisotopic (exact) mass is 849 g/mol. The van der Waals surface area contributed by atoms with Crippen LogP contribution < -0.4 is 0 Å². The van der Waals surface area contributed by atoms with E-state index < -0.39 is 6.10 Å². The van der Waals surface area contributed by atoms with E-state index in [1.165, 1.54) is 173 Å². The topological polar surface area (TPSA) is 78.9 Å². The van der Waals surface area contributed by atoms with Crippen LogP contribution >= 0.6 is 0 Å². The summed E-state index contributed by atoms with van der Waals surface area (Å²) in [5.74, 6) is 1.64. The van der Waals surface area contributed by atoms with Crippen molar-refractivity contribution in [1.82, 2.24) is 0 Å². The second-order valence-corrected chi connectivity index (χ2v) is 19.7. The molecule has 2 atom stereocenters. The molecular formula is C54H104O6. The van der Waals surface area contributed by atoms with Gasteiger partial charge in [-0.15, -0.1) is 0 Å². The second-order valence-electron chi connectivity index (χ2n) is 19.7. The summed E-state index contributed by atoms with van der Waals surface area (Å²) in [6.07, 6.45) is 45.3. The third kappa shape index (κ3) is 45.9. The average Bonchev–Trinajstić information content (AvgIpc) is 3.22. The largest absolute Gasteiger partial charge is 0.462 e. The third-order valence-corrected chi connectivity index (χ3v) is 12.5. The molecule has 0 aromatic carbocycles. The first-order chi connectivity index (χ1) is 29.1. The number of ether oxygens (including phenoxy) is 3. The fraction of sp³-hybridized carbons (Fsp3) is 0.944.